The van der Waals surface area contributed by atoms with Crippen LogP contribution in [0.4, 0.5) is 0 Å². The van der Waals surface area contributed by atoms with E-state index in [4.69, 9.17) is 16.3 Å². The maximum absolute atomic E-state index is 12.7. The van der Waals surface area contributed by atoms with E-state index in [1.165, 1.54) is 0 Å². The highest BCUT2D eigenvalue weighted by Gasteiger charge is 2.23. The van der Waals surface area contributed by atoms with Crippen molar-refractivity contribution in [3.05, 3.63) is 58.7 Å². The van der Waals surface area contributed by atoms with Gasteiger partial charge >= 0.3 is 0 Å². The number of benzene rings is 2. The molecule has 0 amide bonds. The molecule has 0 radical (unpaired) electrons. The molecule has 0 N–H and O–H groups in total. The van der Waals surface area contributed by atoms with Crippen molar-refractivity contribution in [2.45, 2.75) is 10.6 Å². The van der Waals surface area contributed by atoms with Crippen LogP contribution in [0.5, 0.6) is 5.75 Å². The van der Waals surface area contributed by atoms with Crippen LogP contribution in [0.25, 0.3) is 0 Å². The summed E-state index contributed by atoms with van der Waals surface area (Å²) >= 11 is 7.15. The van der Waals surface area contributed by atoms with Crippen LogP contribution in [0.2, 0.25) is 0 Å². The van der Waals surface area contributed by atoms with Crippen molar-refractivity contribution in [3.63, 3.8) is 0 Å². The number of methoxy groups -OCH3 is 1. The van der Waals surface area contributed by atoms with E-state index in [2.05, 4.69) is 0 Å². The average Bonchev–Trinajstić information content (AvgIpc) is 2.70. The van der Waals surface area contributed by atoms with E-state index in [-0.39, 0.29) is 17.4 Å². The summed E-state index contributed by atoms with van der Waals surface area (Å²) in [6, 6.07) is 10.6. The number of rotatable bonds is 3. The zero-order valence-electron chi connectivity index (χ0n) is 11.9. The van der Waals surface area contributed by atoms with Gasteiger partial charge in [0.25, 0.3) is 0 Å². The van der Waals surface area contributed by atoms with Gasteiger partial charge in [-0.2, -0.15) is 0 Å². The van der Waals surface area contributed by atoms with E-state index in [0.717, 1.165) is 16.2 Å². The number of carbonyl (C=O) groups excluding carboxylic acids is 2. The van der Waals surface area contributed by atoms with Gasteiger partial charge in [0, 0.05) is 27.3 Å². The number of alkyl halides is 1. The Morgan fingerprint density at radius 2 is 2.00 bits per heavy atom. The number of carbonyl (C=O) groups is 2. The Kier molecular flexibility index (Phi) is 4.23. The van der Waals surface area contributed by atoms with Crippen LogP contribution in [-0.4, -0.2) is 24.6 Å². The molecule has 0 aliphatic carbocycles. The fourth-order valence-electron chi connectivity index (χ4n) is 2.42. The Hall–Kier alpha value is -1.78. The Morgan fingerprint density at radius 1 is 1.23 bits per heavy atom. The predicted molar refractivity (Wildman–Crippen MR) is 87.5 cm³/mol. The van der Waals surface area contributed by atoms with Gasteiger partial charge in [-0.15, -0.1) is 23.4 Å². The molecule has 22 heavy (non-hydrogen) atoms. The summed E-state index contributed by atoms with van der Waals surface area (Å²) in [5, 5.41) is 0. The summed E-state index contributed by atoms with van der Waals surface area (Å²) in [4.78, 5) is 25.3. The summed E-state index contributed by atoms with van der Waals surface area (Å²) < 4.78 is 5.22. The van der Waals surface area contributed by atoms with Gasteiger partial charge in [0.2, 0.25) is 0 Å². The molecule has 2 aromatic carbocycles. The topological polar surface area (TPSA) is 43.4 Å². The molecular weight excluding hydrogens is 320 g/mol. The molecule has 0 bridgehead atoms. The van der Waals surface area contributed by atoms with Crippen molar-refractivity contribution in [3.8, 4) is 5.75 Å². The minimum atomic E-state index is -0.138. The molecule has 0 unspecified atom stereocenters. The smallest absolute Gasteiger partial charge is 0.194 e. The maximum atomic E-state index is 12.7. The van der Waals surface area contributed by atoms with Gasteiger partial charge in [-0.05, 0) is 35.9 Å². The van der Waals surface area contributed by atoms with Crippen LogP contribution < -0.4 is 4.74 Å². The van der Waals surface area contributed by atoms with E-state index in [0.29, 0.717) is 22.4 Å². The maximum Gasteiger partial charge on any atom is 0.194 e. The number of hydrogen-bond donors (Lipinski definition) is 0. The third-order valence-electron chi connectivity index (χ3n) is 3.61. The number of halogens is 1. The van der Waals surface area contributed by atoms with Gasteiger partial charge in [0.1, 0.15) is 5.75 Å². The van der Waals surface area contributed by atoms with Gasteiger partial charge in [-0.25, -0.2) is 0 Å². The minimum absolute atomic E-state index is 0.0254. The molecule has 0 spiro atoms. The van der Waals surface area contributed by atoms with Gasteiger partial charge in [-0.3, -0.25) is 9.59 Å². The standard InChI is InChI=1S/C17H13ClO3S/c1-21-12-3-5-13-11(6-12)9-22-16-7-10(15(19)8-18)2-4-14(16)17(13)20/h2-7H,8-9H2,1H3. The molecule has 1 aliphatic heterocycles. The van der Waals surface area contributed by atoms with Crippen LogP contribution in [0.3, 0.4) is 0 Å². The summed E-state index contributed by atoms with van der Waals surface area (Å²) in [5.41, 5.74) is 2.79. The summed E-state index contributed by atoms with van der Waals surface area (Å²) in [5.74, 6) is 1.16. The molecule has 1 aliphatic rings. The third kappa shape index (κ3) is 2.64. The molecule has 0 atom stereocenters. The van der Waals surface area contributed by atoms with Gasteiger partial charge in [0.05, 0.1) is 13.0 Å². The molecule has 112 valence electrons. The highest BCUT2D eigenvalue weighted by molar-refractivity contribution is 7.98. The molecule has 2 aromatic rings. The lowest BCUT2D eigenvalue weighted by atomic mass is 9.97. The molecular formula is C17H13ClO3S. The predicted octanol–water partition coefficient (Wildman–Crippen LogP) is 3.95. The lowest BCUT2D eigenvalue weighted by Crippen LogP contribution is -2.06. The lowest BCUT2D eigenvalue weighted by Gasteiger charge is -2.07. The first-order valence-corrected chi connectivity index (χ1v) is 8.23. The molecule has 0 saturated heterocycles. The molecule has 3 nitrogen and oxygen atoms in total. The normalized spacial score (nSPS) is 13.1. The number of fused-ring (bicyclic) bond motifs is 2. The SMILES string of the molecule is COc1ccc2c(c1)CSc1cc(C(=O)CCl)ccc1C2=O. The summed E-state index contributed by atoms with van der Waals surface area (Å²) in [6.07, 6.45) is 0. The second-order valence-electron chi connectivity index (χ2n) is 4.91. The first-order chi connectivity index (χ1) is 10.6. The molecule has 0 saturated carbocycles. The Balaban J connectivity index is 2.06. The van der Waals surface area contributed by atoms with E-state index in [9.17, 15) is 9.59 Å². The first-order valence-electron chi connectivity index (χ1n) is 6.71. The third-order valence-corrected chi connectivity index (χ3v) is 4.96. The molecule has 1 heterocycles. The van der Waals surface area contributed by atoms with Gasteiger partial charge in [0.15, 0.2) is 11.6 Å². The van der Waals surface area contributed by atoms with Gasteiger partial charge < -0.3 is 4.74 Å². The van der Waals surface area contributed by atoms with Crippen LogP contribution in [0.15, 0.2) is 41.3 Å². The zero-order valence-corrected chi connectivity index (χ0v) is 13.5. The summed E-state index contributed by atoms with van der Waals surface area (Å²) in [6.45, 7) is 0. The van der Waals surface area contributed by atoms with E-state index >= 15 is 0 Å². The molecule has 0 fully saturated rings. The minimum Gasteiger partial charge on any atom is -0.497 e. The fraction of sp³-hybridized carbons (Fsp3) is 0.176. The van der Waals surface area contributed by atoms with Crippen molar-refractivity contribution in [1.82, 2.24) is 0 Å². The highest BCUT2D eigenvalue weighted by Crippen LogP contribution is 2.35. The Bertz CT molecular complexity index is 770. The number of Topliss-reactive ketones (excluding diaryl/α,β-unsaturated/α-hetero) is 1. The fourth-order valence-corrected chi connectivity index (χ4v) is 3.65. The number of thioether (sulfide) groups is 1. The molecule has 3 rings (SSSR count). The van der Waals surface area contributed by atoms with Crippen molar-refractivity contribution in [2.24, 2.45) is 0 Å². The summed E-state index contributed by atoms with van der Waals surface area (Å²) in [7, 11) is 1.60. The Morgan fingerprint density at radius 3 is 2.73 bits per heavy atom. The van der Waals surface area contributed by atoms with E-state index in [1.54, 1.807) is 49.2 Å². The van der Waals surface area contributed by atoms with Crippen LogP contribution in [0.1, 0.15) is 31.8 Å². The van der Waals surface area contributed by atoms with Crippen molar-refractivity contribution in [1.29, 1.82) is 0 Å². The van der Waals surface area contributed by atoms with Crippen molar-refractivity contribution in [2.75, 3.05) is 13.0 Å². The lowest BCUT2D eigenvalue weighted by molar-refractivity contribution is 0.101. The first kappa shape index (κ1) is 15.1. The average molecular weight is 333 g/mol. The van der Waals surface area contributed by atoms with Gasteiger partial charge in [-0.1, -0.05) is 6.07 Å². The van der Waals surface area contributed by atoms with Crippen LogP contribution in [0, 0.1) is 0 Å². The molecule has 0 aromatic heterocycles. The van der Waals surface area contributed by atoms with Crippen molar-refractivity contribution < 1.29 is 14.3 Å². The quantitative estimate of drug-likeness (QED) is 0.630. The number of hydrogen-bond acceptors (Lipinski definition) is 4. The van der Waals surface area contributed by atoms with Crippen LogP contribution in [-0.2, 0) is 5.75 Å². The van der Waals surface area contributed by atoms with Crippen LogP contribution >= 0.6 is 23.4 Å². The highest BCUT2D eigenvalue weighted by atomic mass is 35.5. The second kappa shape index (κ2) is 6.15. The van der Waals surface area contributed by atoms with E-state index < -0.39 is 0 Å². The monoisotopic (exact) mass is 332 g/mol. The Labute approximate surface area is 137 Å². The zero-order chi connectivity index (χ0) is 15.7. The van der Waals surface area contributed by atoms with Crippen molar-refractivity contribution >= 4 is 34.9 Å². The van der Waals surface area contributed by atoms with E-state index in [1.807, 2.05) is 6.07 Å². The number of ether oxygens (including phenoxy) is 1. The number of ketones is 2. The molecule has 5 heteroatoms. The second-order valence-corrected chi connectivity index (χ2v) is 6.19. The largest absolute Gasteiger partial charge is 0.497 e.